The lowest BCUT2D eigenvalue weighted by molar-refractivity contribution is -0.139. The Morgan fingerprint density at radius 1 is 0.795 bits per heavy atom. The van der Waals surface area contributed by atoms with Crippen LogP contribution >= 0.6 is 0 Å². The summed E-state index contributed by atoms with van der Waals surface area (Å²) in [6.07, 6.45) is 13.8. The second-order valence-corrected chi connectivity index (χ2v) is 12.8. The van der Waals surface area contributed by atoms with Gasteiger partial charge in [-0.05, 0) is 84.9 Å². The highest BCUT2D eigenvalue weighted by Crippen LogP contribution is 2.22. The molecule has 1 amide bonds. The highest BCUT2D eigenvalue weighted by atomic mass is 16.6. The molecule has 0 aliphatic heterocycles. The zero-order chi connectivity index (χ0) is 29.1. The van der Waals surface area contributed by atoms with E-state index in [-0.39, 0.29) is 6.42 Å². The van der Waals surface area contributed by atoms with E-state index in [9.17, 15) is 19.5 Å². The summed E-state index contributed by atoms with van der Waals surface area (Å²) in [4.78, 5) is 35.2. The lowest BCUT2D eigenvalue weighted by Crippen LogP contribution is -2.44. The minimum atomic E-state index is -1.17. The van der Waals surface area contributed by atoms with E-state index >= 15 is 0 Å². The van der Waals surface area contributed by atoms with E-state index in [0.717, 1.165) is 12.1 Å². The van der Waals surface area contributed by atoms with Crippen molar-refractivity contribution in [3.8, 4) is 0 Å². The topological polar surface area (TPSA) is 114 Å². The van der Waals surface area contributed by atoms with Gasteiger partial charge in [0.1, 0.15) is 17.2 Å². The maximum atomic E-state index is 12.0. The van der Waals surface area contributed by atoms with Crippen molar-refractivity contribution in [3.05, 3.63) is 35.4 Å². The number of carboxylic acids is 1. The molecule has 1 aromatic carbocycles. The molecule has 39 heavy (non-hydrogen) atoms. The molecule has 8 nitrogen and oxygen atoms in total. The van der Waals surface area contributed by atoms with Gasteiger partial charge < -0.3 is 25.2 Å². The molecule has 2 aliphatic rings. The minimum absolute atomic E-state index is 0.0587. The second-order valence-electron chi connectivity index (χ2n) is 12.8. The van der Waals surface area contributed by atoms with Crippen molar-refractivity contribution in [3.63, 3.8) is 0 Å². The maximum Gasteiger partial charge on any atom is 0.408 e. The number of ether oxygens (including phenoxy) is 2. The molecule has 0 spiro atoms. The van der Waals surface area contributed by atoms with Crippen molar-refractivity contribution in [1.29, 1.82) is 0 Å². The minimum Gasteiger partial charge on any atom is -0.480 e. The summed E-state index contributed by atoms with van der Waals surface area (Å²) in [5.41, 5.74) is -0.291. The van der Waals surface area contributed by atoms with Crippen molar-refractivity contribution in [1.82, 2.24) is 10.6 Å². The molecule has 3 rings (SSSR count). The van der Waals surface area contributed by atoms with Gasteiger partial charge in [0.25, 0.3) is 0 Å². The van der Waals surface area contributed by atoms with Crippen LogP contribution in [0.15, 0.2) is 24.3 Å². The van der Waals surface area contributed by atoms with Gasteiger partial charge in [0.15, 0.2) is 0 Å². The molecule has 0 aromatic heterocycles. The Kier molecular flexibility index (Phi) is 12.7. The molecular formula is C31H50N2O6. The van der Waals surface area contributed by atoms with E-state index < -0.39 is 35.3 Å². The van der Waals surface area contributed by atoms with Crippen LogP contribution in [0.2, 0.25) is 0 Å². The van der Waals surface area contributed by atoms with Gasteiger partial charge >= 0.3 is 18.0 Å². The van der Waals surface area contributed by atoms with Gasteiger partial charge in [-0.2, -0.15) is 0 Å². The van der Waals surface area contributed by atoms with Crippen molar-refractivity contribution < 1.29 is 29.0 Å². The fraction of sp³-hybridized carbons (Fsp3) is 0.710. The molecule has 1 aromatic rings. The predicted octanol–water partition coefficient (Wildman–Crippen LogP) is 6.40. The average Bonchev–Trinajstić information content (AvgIpc) is 2.83. The lowest BCUT2D eigenvalue weighted by Gasteiger charge is -2.30. The normalized spacial score (nSPS) is 17.8. The summed E-state index contributed by atoms with van der Waals surface area (Å²) < 4.78 is 10.4. The molecule has 3 N–H and O–H groups in total. The molecule has 0 unspecified atom stereocenters. The Balaban J connectivity index is 0.000000338. The highest BCUT2D eigenvalue weighted by molar-refractivity contribution is 5.89. The van der Waals surface area contributed by atoms with Crippen molar-refractivity contribution in [2.45, 2.75) is 141 Å². The number of aliphatic carboxylic acids is 1. The van der Waals surface area contributed by atoms with E-state index in [1.54, 1.807) is 65.8 Å². The van der Waals surface area contributed by atoms with Gasteiger partial charge in [-0.1, -0.05) is 50.7 Å². The van der Waals surface area contributed by atoms with E-state index in [2.05, 4.69) is 10.6 Å². The van der Waals surface area contributed by atoms with Crippen LogP contribution in [0.5, 0.6) is 0 Å². The molecule has 0 radical (unpaired) electrons. The standard InChI is InChI=1S/C19H27NO6.C12H23N/c1-18(2,3)25-16(23)13-9-7-12(8-10-13)11-14(15(21)22)20-17(24)26-19(4,5)6;1-3-7-11(8-4-1)13-12-9-5-2-6-10-12/h7-10,14H,11H2,1-6H3,(H,20,24)(H,21,22);11-13H,1-10H2/t14-;/m0./s1. The zero-order valence-corrected chi connectivity index (χ0v) is 24.8. The summed E-state index contributed by atoms with van der Waals surface area (Å²) >= 11 is 0. The number of benzene rings is 1. The van der Waals surface area contributed by atoms with Crippen LogP contribution in [0.1, 0.15) is 122 Å². The van der Waals surface area contributed by atoms with Crippen LogP contribution in [-0.4, -0.2) is 52.5 Å². The fourth-order valence-corrected chi connectivity index (χ4v) is 4.87. The van der Waals surface area contributed by atoms with Gasteiger partial charge in [0.2, 0.25) is 0 Å². The summed E-state index contributed by atoms with van der Waals surface area (Å²) in [6, 6.07) is 7.00. The largest absolute Gasteiger partial charge is 0.480 e. The van der Waals surface area contributed by atoms with Gasteiger partial charge in [-0.15, -0.1) is 0 Å². The highest BCUT2D eigenvalue weighted by Gasteiger charge is 2.25. The smallest absolute Gasteiger partial charge is 0.408 e. The first kappa shape index (κ1) is 32.6. The second kappa shape index (κ2) is 15.2. The van der Waals surface area contributed by atoms with Crippen LogP contribution in [0, 0.1) is 0 Å². The number of carbonyl (C=O) groups is 3. The van der Waals surface area contributed by atoms with E-state index in [4.69, 9.17) is 9.47 Å². The third kappa shape index (κ3) is 13.8. The monoisotopic (exact) mass is 546 g/mol. The molecular weight excluding hydrogens is 496 g/mol. The number of hydrogen-bond acceptors (Lipinski definition) is 6. The maximum absolute atomic E-state index is 12.0. The Hall–Kier alpha value is -2.61. The third-order valence-corrected chi connectivity index (χ3v) is 6.70. The Bertz CT molecular complexity index is 888. The number of hydrogen-bond donors (Lipinski definition) is 3. The molecule has 2 aliphatic carbocycles. The van der Waals surface area contributed by atoms with Gasteiger partial charge in [-0.25, -0.2) is 14.4 Å². The SMILES string of the molecule is C1CCC(NC2CCCCC2)CC1.CC(C)(C)OC(=O)N[C@@H](Cc1ccc(C(=O)OC(C)(C)C)cc1)C(=O)O. The van der Waals surface area contributed by atoms with Crippen molar-refractivity contribution >= 4 is 18.0 Å². The van der Waals surface area contributed by atoms with Crippen molar-refractivity contribution in [2.75, 3.05) is 0 Å². The third-order valence-electron chi connectivity index (χ3n) is 6.70. The number of nitrogens with one attached hydrogen (secondary N) is 2. The van der Waals surface area contributed by atoms with Crippen LogP contribution in [-0.2, 0) is 20.7 Å². The first-order valence-electron chi connectivity index (χ1n) is 14.5. The Morgan fingerprint density at radius 2 is 1.26 bits per heavy atom. The Labute approximate surface area is 234 Å². The number of rotatable bonds is 7. The molecule has 2 fully saturated rings. The summed E-state index contributed by atoms with van der Waals surface area (Å²) in [5, 5.41) is 15.5. The van der Waals surface area contributed by atoms with E-state index in [1.165, 1.54) is 64.2 Å². The molecule has 8 heteroatoms. The predicted molar refractivity (Wildman–Crippen MR) is 153 cm³/mol. The molecule has 0 saturated heterocycles. The number of carboxylic acid groups (broad SMARTS) is 1. The summed E-state index contributed by atoms with van der Waals surface area (Å²) in [6.45, 7) is 10.4. The van der Waals surface area contributed by atoms with Gasteiger partial charge in [0, 0.05) is 18.5 Å². The number of esters is 1. The molecule has 0 heterocycles. The number of amides is 1. The molecule has 220 valence electrons. The van der Waals surface area contributed by atoms with Crippen LogP contribution < -0.4 is 10.6 Å². The quantitative estimate of drug-likeness (QED) is 0.339. The van der Waals surface area contributed by atoms with Gasteiger partial charge in [0.05, 0.1) is 5.56 Å². The van der Waals surface area contributed by atoms with E-state index in [0.29, 0.717) is 11.1 Å². The number of alkyl carbamates (subject to hydrolysis) is 1. The van der Waals surface area contributed by atoms with Crippen LogP contribution in [0.4, 0.5) is 4.79 Å². The van der Waals surface area contributed by atoms with Crippen LogP contribution in [0.25, 0.3) is 0 Å². The molecule has 2 saturated carbocycles. The summed E-state index contributed by atoms with van der Waals surface area (Å²) in [7, 11) is 0. The van der Waals surface area contributed by atoms with E-state index in [1.807, 2.05) is 0 Å². The first-order valence-corrected chi connectivity index (χ1v) is 14.5. The Morgan fingerprint density at radius 3 is 1.67 bits per heavy atom. The van der Waals surface area contributed by atoms with Gasteiger partial charge in [-0.3, -0.25) is 0 Å². The lowest BCUT2D eigenvalue weighted by atomic mass is 9.91. The average molecular weight is 547 g/mol. The molecule has 0 bridgehead atoms. The first-order chi connectivity index (χ1) is 18.2. The summed E-state index contributed by atoms with van der Waals surface area (Å²) in [5.74, 6) is -1.63. The van der Waals surface area contributed by atoms with Crippen LogP contribution in [0.3, 0.4) is 0 Å². The fourth-order valence-electron chi connectivity index (χ4n) is 4.87. The number of carbonyl (C=O) groups excluding carboxylic acids is 2. The molecule has 1 atom stereocenters. The van der Waals surface area contributed by atoms with Crippen molar-refractivity contribution in [2.24, 2.45) is 0 Å². The zero-order valence-electron chi connectivity index (χ0n) is 24.8.